The normalized spacial score (nSPS) is 15.9. The summed E-state index contributed by atoms with van der Waals surface area (Å²) in [5, 5.41) is 3.58. The van der Waals surface area contributed by atoms with Crippen molar-refractivity contribution >= 4 is 17.7 Å². The Kier molecular flexibility index (Phi) is 4.94. The van der Waals surface area contributed by atoms with E-state index < -0.39 is 0 Å². The molecule has 1 saturated heterocycles. The third-order valence-electron chi connectivity index (χ3n) is 4.97. The zero-order valence-corrected chi connectivity index (χ0v) is 15.9. The average molecular weight is 363 g/mol. The first kappa shape index (κ1) is 17.7. The van der Waals surface area contributed by atoms with Crippen molar-refractivity contribution in [3.05, 3.63) is 53.4 Å². The molecule has 0 atom stereocenters. The third-order valence-corrected chi connectivity index (χ3v) is 4.97. The van der Waals surface area contributed by atoms with Crippen molar-refractivity contribution in [2.45, 2.75) is 26.3 Å². The Hall–Kier alpha value is -2.66. The number of morpholine rings is 1. The van der Waals surface area contributed by atoms with E-state index in [0.717, 1.165) is 28.9 Å². The van der Waals surface area contributed by atoms with Crippen molar-refractivity contribution in [3.8, 4) is 11.1 Å². The van der Waals surface area contributed by atoms with Crippen LogP contribution in [0, 0.1) is 0 Å². The van der Waals surface area contributed by atoms with Crippen LogP contribution in [0.5, 0.6) is 0 Å². The first-order chi connectivity index (χ1) is 13.1. The van der Waals surface area contributed by atoms with Crippen LogP contribution in [0.15, 0.2) is 36.5 Å². The molecule has 1 fully saturated rings. The molecule has 4 rings (SSSR count). The molecule has 27 heavy (non-hydrogen) atoms. The smallest absolute Gasteiger partial charge is 0.254 e. The maximum atomic E-state index is 12.6. The second-order valence-electron chi connectivity index (χ2n) is 7.29. The van der Waals surface area contributed by atoms with Gasteiger partial charge in [0.25, 0.3) is 5.91 Å². The van der Waals surface area contributed by atoms with Crippen molar-refractivity contribution in [1.82, 2.24) is 9.88 Å². The quantitative estimate of drug-likeness (QED) is 0.902. The SMILES string of the molecule is CC(C)Nc1c(-c2ccc(C(=O)N3CCOCC3)cc2)cnc2c1C=CC2. The molecule has 1 amide bonds. The molecule has 0 spiro atoms. The van der Waals surface area contributed by atoms with Gasteiger partial charge in [-0.15, -0.1) is 0 Å². The summed E-state index contributed by atoms with van der Waals surface area (Å²) in [7, 11) is 0. The van der Waals surface area contributed by atoms with E-state index in [4.69, 9.17) is 4.74 Å². The molecule has 2 heterocycles. The molecular formula is C22H25N3O2. The van der Waals surface area contributed by atoms with Crippen LogP contribution in [0.1, 0.15) is 35.5 Å². The van der Waals surface area contributed by atoms with Crippen LogP contribution in [0.3, 0.4) is 0 Å². The van der Waals surface area contributed by atoms with E-state index in [2.05, 4.69) is 36.3 Å². The molecule has 140 valence electrons. The Balaban J connectivity index is 1.64. The van der Waals surface area contributed by atoms with Crippen molar-refractivity contribution < 1.29 is 9.53 Å². The van der Waals surface area contributed by atoms with Crippen molar-refractivity contribution in [3.63, 3.8) is 0 Å². The number of nitrogens with zero attached hydrogens (tertiary/aromatic N) is 2. The van der Waals surface area contributed by atoms with E-state index >= 15 is 0 Å². The summed E-state index contributed by atoms with van der Waals surface area (Å²) in [5.41, 5.74) is 6.26. The summed E-state index contributed by atoms with van der Waals surface area (Å²) in [6, 6.07) is 8.18. The minimum absolute atomic E-state index is 0.0698. The number of nitrogens with one attached hydrogen (secondary N) is 1. The molecule has 0 saturated carbocycles. The predicted molar refractivity (Wildman–Crippen MR) is 108 cm³/mol. The zero-order chi connectivity index (χ0) is 18.8. The Morgan fingerprint density at radius 2 is 1.93 bits per heavy atom. The number of amides is 1. The standard InChI is InChI=1S/C22H25N3O2/c1-15(2)24-21-18-4-3-5-20(18)23-14-19(21)16-6-8-17(9-7-16)22(26)25-10-12-27-13-11-25/h3-4,6-9,14-15H,5,10-13H2,1-2H3,(H,23,24). The van der Waals surface area contributed by atoms with Gasteiger partial charge in [-0.05, 0) is 31.5 Å². The number of rotatable bonds is 4. The molecule has 2 aliphatic rings. The zero-order valence-electron chi connectivity index (χ0n) is 15.9. The highest BCUT2D eigenvalue weighted by atomic mass is 16.5. The van der Waals surface area contributed by atoms with Gasteiger partial charge in [0.15, 0.2) is 0 Å². The molecule has 0 unspecified atom stereocenters. The van der Waals surface area contributed by atoms with Gasteiger partial charge >= 0.3 is 0 Å². The lowest BCUT2D eigenvalue weighted by Crippen LogP contribution is -2.40. The van der Waals surface area contributed by atoms with Gasteiger partial charge < -0.3 is 15.0 Å². The molecule has 1 aliphatic heterocycles. The van der Waals surface area contributed by atoms with Crippen LogP contribution in [0.25, 0.3) is 17.2 Å². The molecular weight excluding hydrogens is 338 g/mol. The number of carbonyl (C=O) groups is 1. The summed E-state index contributed by atoms with van der Waals surface area (Å²) in [4.78, 5) is 19.1. The first-order valence-electron chi connectivity index (χ1n) is 9.56. The Bertz CT molecular complexity index is 866. The van der Waals surface area contributed by atoms with Gasteiger partial charge in [-0.25, -0.2) is 0 Å². The number of hydrogen-bond acceptors (Lipinski definition) is 4. The molecule has 5 heteroatoms. The maximum absolute atomic E-state index is 12.6. The molecule has 1 N–H and O–H groups in total. The third kappa shape index (κ3) is 3.60. The fourth-order valence-corrected chi connectivity index (χ4v) is 3.60. The lowest BCUT2D eigenvalue weighted by atomic mass is 10.00. The number of pyridine rings is 1. The van der Waals surface area contributed by atoms with Crippen LogP contribution >= 0.6 is 0 Å². The highest BCUT2D eigenvalue weighted by Gasteiger charge is 2.20. The van der Waals surface area contributed by atoms with Crippen molar-refractivity contribution in [2.24, 2.45) is 0 Å². The number of benzene rings is 1. The largest absolute Gasteiger partial charge is 0.382 e. The van der Waals surface area contributed by atoms with Gasteiger partial charge in [-0.1, -0.05) is 24.3 Å². The summed E-state index contributed by atoms with van der Waals surface area (Å²) in [5.74, 6) is 0.0698. The fourth-order valence-electron chi connectivity index (χ4n) is 3.60. The second-order valence-corrected chi connectivity index (χ2v) is 7.29. The minimum atomic E-state index is 0.0698. The number of ether oxygens (including phenoxy) is 1. The number of aromatic nitrogens is 1. The minimum Gasteiger partial charge on any atom is -0.382 e. The Labute approximate surface area is 160 Å². The van der Waals surface area contributed by atoms with E-state index in [0.29, 0.717) is 37.9 Å². The molecule has 2 aromatic rings. The number of allylic oxidation sites excluding steroid dienone is 1. The molecule has 1 aromatic carbocycles. The highest BCUT2D eigenvalue weighted by molar-refractivity contribution is 5.95. The van der Waals surface area contributed by atoms with Crippen LogP contribution < -0.4 is 5.32 Å². The van der Waals surface area contributed by atoms with Gasteiger partial charge in [0.1, 0.15) is 0 Å². The van der Waals surface area contributed by atoms with Crippen molar-refractivity contribution in [2.75, 3.05) is 31.6 Å². The van der Waals surface area contributed by atoms with E-state index in [9.17, 15) is 4.79 Å². The Morgan fingerprint density at radius 3 is 2.63 bits per heavy atom. The average Bonchev–Trinajstić information content (AvgIpc) is 3.17. The van der Waals surface area contributed by atoms with Crippen molar-refractivity contribution in [1.29, 1.82) is 0 Å². The molecule has 0 radical (unpaired) electrons. The van der Waals surface area contributed by atoms with Crippen LogP contribution in [0.2, 0.25) is 0 Å². The second kappa shape index (κ2) is 7.53. The van der Waals surface area contributed by atoms with Gasteiger partial charge in [0.05, 0.1) is 24.6 Å². The molecule has 0 bridgehead atoms. The monoisotopic (exact) mass is 363 g/mol. The van der Waals surface area contributed by atoms with Gasteiger partial charge in [-0.3, -0.25) is 9.78 Å². The van der Waals surface area contributed by atoms with Crippen LogP contribution in [0.4, 0.5) is 5.69 Å². The molecule has 1 aliphatic carbocycles. The molecule has 5 nitrogen and oxygen atoms in total. The highest BCUT2D eigenvalue weighted by Crippen LogP contribution is 2.36. The number of anilines is 1. The number of carbonyl (C=O) groups excluding carboxylic acids is 1. The van der Waals surface area contributed by atoms with Gasteiger partial charge in [-0.2, -0.15) is 0 Å². The fraction of sp³-hybridized carbons (Fsp3) is 0.364. The number of hydrogen-bond donors (Lipinski definition) is 1. The maximum Gasteiger partial charge on any atom is 0.254 e. The number of fused-ring (bicyclic) bond motifs is 1. The van der Waals surface area contributed by atoms with Crippen LogP contribution in [-0.2, 0) is 11.2 Å². The van der Waals surface area contributed by atoms with E-state index in [1.807, 2.05) is 35.4 Å². The lowest BCUT2D eigenvalue weighted by Gasteiger charge is -2.27. The van der Waals surface area contributed by atoms with Gasteiger partial charge in [0, 0.05) is 48.4 Å². The Morgan fingerprint density at radius 1 is 1.19 bits per heavy atom. The first-order valence-corrected chi connectivity index (χ1v) is 9.56. The van der Waals surface area contributed by atoms with Gasteiger partial charge in [0.2, 0.25) is 0 Å². The van der Waals surface area contributed by atoms with E-state index in [1.54, 1.807) is 0 Å². The van der Waals surface area contributed by atoms with E-state index in [1.165, 1.54) is 5.56 Å². The topological polar surface area (TPSA) is 54.5 Å². The summed E-state index contributed by atoms with van der Waals surface area (Å²) in [6.07, 6.45) is 7.12. The summed E-state index contributed by atoms with van der Waals surface area (Å²) < 4.78 is 5.33. The predicted octanol–water partition coefficient (Wildman–Crippen LogP) is 3.61. The lowest BCUT2D eigenvalue weighted by molar-refractivity contribution is 0.0303. The van der Waals surface area contributed by atoms with E-state index in [-0.39, 0.29) is 5.91 Å². The summed E-state index contributed by atoms with van der Waals surface area (Å²) in [6.45, 7) is 6.82. The summed E-state index contributed by atoms with van der Waals surface area (Å²) >= 11 is 0. The van der Waals surface area contributed by atoms with Crippen LogP contribution in [-0.4, -0.2) is 48.1 Å². The molecule has 1 aromatic heterocycles.